The van der Waals surface area contributed by atoms with Crippen molar-refractivity contribution in [2.75, 3.05) is 6.61 Å². The van der Waals surface area contributed by atoms with E-state index in [1.54, 1.807) is 30.4 Å². The van der Waals surface area contributed by atoms with Gasteiger partial charge in [-0.2, -0.15) is 0 Å². The van der Waals surface area contributed by atoms with Crippen LogP contribution in [0.2, 0.25) is 0 Å². The van der Waals surface area contributed by atoms with Gasteiger partial charge in [-0.3, -0.25) is 4.79 Å². The molecule has 0 bridgehead atoms. The molecule has 0 spiro atoms. The third kappa shape index (κ3) is 11.8. The summed E-state index contributed by atoms with van der Waals surface area (Å²) in [5.74, 6) is 10.5. The van der Waals surface area contributed by atoms with Crippen LogP contribution in [0.15, 0.2) is 36.5 Å². The fourth-order valence-corrected chi connectivity index (χ4v) is 0.642. The summed E-state index contributed by atoms with van der Waals surface area (Å²) in [7, 11) is 0. The van der Waals surface area contributed by atoms with Gasteiger partial charge in [0.2, 0.25) is 0 Å². The van der Waals surface area contributed by atoms with Crippen molar-refractivity contribution < 1.29 is 9.53 Å². The van der Waals surface area contributed by atoms with Gasteiger partial charge in [-0.15, -0.1) is 0 Å². The molecule has 0 atom stereocenters. The number of hydrogen-bond acceptors (Lipinski definition) is 2. The van der Waals surface area contributed by atoms with E-state index < -0.39 is 0 Å². The highest BCUT2D eigenvalue weighted by atomic mass is 16.5. The van der Waals surface area contributed by atoms with Gasteiger partial charge in [0.15, 0.2) is 0 Å². The van der Waals surface area contributed by atoms with Crippen LogP contribution in [0.1, 0.15) is 13.8 Å². The van der Waals surface area contributed by atoms with Gasteiger partial charge in [0, 0.05) is 6.92 Å². The van der Waals surface area contributed by atoms with Crippen LogP contribution in [0, 0.1) is 23.7 Å². The van der Waals surface area contributed by atoms with E-state index in [9.17, 15) is 4.79 Å². The summed E-state index contributed by atoms with van der Waals surface area (Å²) < 4.78 is 4.69. The van der Waals surface area contributed by atoms with Crippen LogP contribution in [0.5, 0.6) is 0 Å². The van der Waals surface area contributed by atoms with Gasteiger partial charge in [-0.05, 0) is 37.0 Å². The highest BCUT2D eigenvalue weighted by Crippen LogP contribution is 1.80. The molecule has 0 aliphatic rings. The maximum Gasteiger partial charge on any atom is 0.302 e. The normalized spacial score (nSPS) is 9.88. The van der Waals surface area contributed by atoms with Gasteiger partial charge < -0.3 is 4.74 Å². The first-order chi connectivity index (χ1) is 7.77. The van der Waals surface area contributed by atoms with Crippen molar-refractivity contribution in [2.45, 2.75) is 13.8 Å². The van der Waals surface area contributed by atoms with E-state index in [0.29, 0.717) is 0 Å². The van der Waals surface area contributed by atoms with Gasteiger partial charge in [0.05, 0.1) is 0 Å². The standard InChI is InChI=1S/C14H14O2/c1-3-4-5-6-7-8-9-10-11-12-13-16-14(2)15/h3-4,9-12H,13H2,1-2H3. The Hall–Kier alpha value is -2.19. The lowest BCUT2D eigenvalue weighted by atomic mass is 10.4. The minimum atomic E-state index is -0.285. The van der Waals surface area contributed by atoms with Crippen molar-refractivity contribution in [1.82, 2.24) is 0 Å². The van der Waals surface area contributed by atoms with Crippen molar-refractivity contribution in [2.24, 2.45) is 0 Å². The predicted octanol–water partition coefficient (Wildman–Crippen LogP) is 2.24. The molecule has 0 aliphatic carbocycles. The molecule has 0 saturated heterocycles. The second-order valence-corrected chi connectivity index (χ2v) is 2.63. The number of esters is 1. The number of allylic oxidation sites excluding steroid dienone is 5. The predicted molar refractivity (Wildman–Crippen MR) is 65.3 cm³/mol. The molecule has 16 heavy (non-hydrogen) atoms. The zero-order chi connectivity index (χ0) is 12.1. The average Bonchev–Trinajstić information content (AvgIpc) is 2.25. The summed E-state index contributed by atoms with van der Waals surface area (Å²) in [5.41, 5.74) is 0. The average molecular weight is 214 g/mol. The Bertz CT molecular complexity index is 403. The lowest BCUT2D eigenvalue weighted by molar-refractivity contribution is -0.139. The van der Waals surface area contributed by atoms with E-state index >= 15 is 0 Å². The van der Waals surface area contributed by atoms with Crippen molar-refractivity contribution >= 4 is 5.97 Å². The van der Waals surface area contributed by atoms with Crippen LogP contribution in [0.4, 0.5) is 0 Å². The number of carbonyl (C=O) groups is 1. The molecule has 2 nitrogen and oxygen atoms in total. The second kappa shape index (κ2) is 10.9. The largest absolute Gasteiger partial charge is 0.462 e. The third-order valence-corrected chi connectivity index (χ3v) is 1.27. The van der Waals surface area contributed by atoms with E-state index in [-0.39, 0.29) is 12.6 Å². The molecule has 0 N–H and O–H groups in total. The zero-order valence-electron chi connectivity index (χ0n) is 9.49. The maximum atomic E-state index is 10.4. The Balaban J connectivity index is 3.77. The summed E-state index contributed by atoms with van der Waals surface area (Å²) in [6.45, 7) is 3.56. The minimum absolute atomic E-state index is 0.285. The SMILES string of the molecule is CC=CC#CC#CC=CC=CCOC(C)=O. The van der Waals surface area contributed by atoms with E-state index in [0.717, 1.165) is 0 Å². The summed E-state index contributed by atoms with van der Waals surface area (Å²) in [5, 5.41) is 0. The van der Waals surface area contributed by atoms with Crippen LogP contribution in [-0.4, -0.2) is 12.6 Å². The summed E-state index contributed by atoms with van der Waals surface area (Å²) in [6, 6.07) is 0. The smallest absolute Gasteiger partial charge is 0.302 e. The highest BCUT2D eigenvalue weighted by Gasteiger charge is 1.84. The lowest BCUT2D eigenvalue weighted by Gasteiger charge is -1.92. The fourth-order valence-electron chi connectivity index (χ4n) is 0.642. The molecule has 0 heterocycles. The van der Waals surface area contributed by atoms with Crippen LogP contribution in [-0.2, 0) is 9.53 Å². The quantitative estimate of drug-likeness (QED) is 0.409. The molecule has 0 radical (unpaired) electrons. The van der Waals surface area contributed by atoms with Crippen LogP contribution < -0.4 is 0 Å². The van der Waals surface area contributed by atoms with Gasteiger partial charge in [-0.25, -0.2) is 0 Å². The monoisotopic (exact) mass is 214 g/mol. The molecule has 0 amide bonds. The first-order valence-electron chi connectivity index (χ1n) is 4.84. The highest BCUT2D eigenvalue weighted by molar-refractivity contribution is 5.65. The van der Waals surface area contributed by atoms with E-state index in [1.807, 2.05) is 13.0 Å². The number of ether oxygens (including phenoxy) is 1. The van der Waals surface area contributed by atoms with E-state index in [4.69, 9.17) is 0 Å². The topological polar surface area (TPSA) is 26.3 Å². The molecular formula is C14H14O2. The molecule has 0 unspecified atom stereocenters. The number of carbonyl (C=O) groups excluding carboxylic acids is 1. The molecule has 82 valence electrons. The molecule has 0 saturated carbocycles. The Morgan fingerprint density at radius 3 is 2.50 bits per heavy atom. The van der Waals surface area contributed by atoms with E-state index in [2.05, 4.69) is 28.4 Å². The van der Waals surface area contributed by atoms with Gasteiger partial charge in [-0.1, -0.05) is 30.1 Å². The minimum Gasteiger partial charge on any atom is -0.462 e. The molecule has 0 aromatic carbocycles. The zero-order valence-corrected chi connectivity index (χ0v) is 9.49. The number of rotatable bonds is 3. The number of hydrogen-bond donors (Lipinski definition) is 0. The Morgan fingerprint density at radius 2 is 1.88 bits per heavy atom. The first-order valence-corrected chi connectivity index (χ1v) is 4.84. The Morgan fingerprint density at radius 1 is 1.19 bits per heavy atom. The van der Waals surface area contributed by atoms with Crippen LogP contribution in [0.3, 0.4) is 0 Å². The Labute approximate surface area is 96.7 Å². The summed E-state index contributed by atoms with van der Waals surface area (Å²) in [6.07, 6.45) is 10.5. The molecular weight excluding hydrogens is 200 g/mol. The molecule has 2 heteroatoms. The second-order valence-electron chi connectivity index (χ2n) is 2.63. The van der Waals surface area contributed by atoms with E-state index in [1.165, 1.54) is 6.92 Å². The van der Waals surface area contributed by atoms with Crippen LogP contribution >= 0.6 is 0 Å². The third-order valence-electron chi connectivity index (χ3n) is 1.27. The first kappa shape index (κ1) is 13.8. The molecule has 0 rings (SSSR count). The maximum absolute atomic E-state index is 10.4. The molecule has 0 aromatic rings. The molecule has 0 aromatic heterocycles. The van der Waals surface area contributed by atoms with Crippen LogP contribution in [0.25, 0.3) is 0 Å². The summed E-state index contributed by atoms with van der Waals surface area (Å²) in [4.78, 5) is 10.4. The van der Waals surface area contributed by atoms with Gasteiger partial charge in [0.25, 0.3) is 0 Å². The Kier molecular flexibility index (Phi) is 9.40. The van der Waals surface area contributed by atoms with Crippen molar-refractivity contribution in [3.05, 3.63) is 36.5 Å². The molecule has 0 fully saturated rings. The molecule has 0 aliphatic heterocycles. The lowest BCUT2D eigenvalue weighted by Crippen LogP contribution is -1.96. The van der Waals surface area contributed by atoms with Gasteiger partial charge in [0.1, 0.15) is 6.61 Å². The van der Waals surface area contributed by atoms with Crippen molar-refractivity contribution in [3.63, 3.8) is 0 Å². The van der Waals surface area contributed by atoms with Gasteiger partial charge >= 0.3 is 5.97 Å². The summed E-state index contributed by atoms with van der Waals surface area (Å²) >= 11 is 0. The van der Waals surface area contributed by atoms with Crippen molar-refractivity contribution in [1.29, 1.82) is 0 Å². The fraction of sp³-hybridized carbons (Fsp3) is 0.214. The van der Waals surface area contributed by atoms with Crippen molar-refractivity contribution in [3.8, 4) is 23.7 Å².